The number of hydrogen-bond donors (Lipinski definition) is 1. The lowest BCUT2D eigenvalue weighted by molar-refractivity contribution is -0.0774. The topological polar surface area (TPSA) is 34.2 Å². The van der Waals surface area contributed by atoms with Crippen LogP contribution < -0.4 is 5.32 Å². The van der Waals surface area contributed by atoms with Crippen LogP contribution >= 0.6 is 0 Å². The van der Waals surface area contributed by atoms with Crippen molar-refractivity contribution in [2.24, 2.45) is 5.92 Å². The van der Waals surface area contributed by atoms with Crippen molar-refractivity contribution in [3.05, 3.63) is 30.1 Å². The van der Waals surface area contributed by atoms with Crippen molar-refractivity contribution < 1.29 is 4.74 Å². The molecule has 0 aromatic carbocycles. The lowest BCUT2D eigenvalue weighted by atomic mass is 9.80. The maximum atomic E-state index is 6.21. The highest BCUT2D eigenvalue weighted by Gasteiger charge is 2.48. The number of pyridine rings is 1. The van der Waals surface area contributed by atoms with Crippen molar-refractivity contribution in [3.8, 4) is 0 Å². The molecule has 0 spiro atoms. The Morgan fingerprint density at radius 3 is 2.58 bits per heavy atom. The predicted molar refractivity (Wildman–Crippen MR) is 78.1 cm³/mol. The number of ether oxygens (including phenoxy) is 1. The summed E-state index contributed by atoms with van der Waals surface area (Å²) in [7, 11) is 2.04. The molecule has 2 heterocycles. The van der Waals surface area contributed by atoms with E-state index >= 15 is 0 Å². The molecule has 0 radical (unpaired) electrons. The third kappa shape index (κ3) is 3.34. The van der Waals surface area contributed by atoms with Crippen LogP contribution in [-0.2, 0) is 11.2 Å². The smallest absolute Gasteiger partial charge is 0.0677 e. The van der Waals surface area contributed by atoms with Gasteiger partial charge in [-0.1, -0.05) is 6.07 Å². The lowest BCUT2D eigenvalue weighted by Gasteiger charge is -2.32. The summed E-state index contributed by atoms with van der Waals surface area (Å²) in [6.45, 7) is 8.77. The average molecular weight is 262 g/mol. The van der Waals surface area contributed by atoms with E-state index in [2.05, 4.69) is 50.1 Å². The minimum absolute atomic E-state index is 0.0343. The van der Waals surface area contributed by atoms with Crippen molar-refractivity contribution in [3.63, 3.8) is 0 Å². The lowest BCUT2D eigenvalue weighted by Crippen LogP contribution is -2.44. The van der Waals surface area contributed by atoms with Crippen LogP contribution in [0.25, 0.3) is 0 Å². The molecule has 19 heavy (non-hydrogen) atoms. The van der Waals surface area contributed by atoms with Crippen LogP contribution in [0.1, 0.15) is 39.8 Å². The molecule has 1 aliphatic rings. The fraction of sp³-hybridized carbons (Fsp3) is 0.688. The molecule has 0 aliphatic carbocycles. The SMILES string of the molecule is CNC(Cc1ccccn1)C1CC(C)(C)OC1(C)C. The van der Waals surface area contributed by atoms with Crippen molar-refractivity contribution in [1.29, 1.82) is 0 Å². The van der Waals surface area contributed by atoms with Gasteiger partial charge in [-0.2, -0.15) is 0 Å². The molecule has 2 rings (SSSR count). The third-order valence-electron chi connectivity index (χ3n) is 4.16. The zero-order valence-electron chi connectivity index (χ0n) is 12.7. The number of rotatable bonds is 4. The van der Waals surface area contributed by atoms with Gasteiger partial charge in [0, 0.05) is 30.3 Å². The minimum atomic E-state index is -0.0913. The van der Waals surface area contributed by atoms with Crippen LogP contribution in [0.2, 0.25) is 0 Å². The van der Waals surface area contributed by atoms with Gasteiger partial charge in [-0.3, -0.25) is 4.98 Å². The molecule has 0 amide bonds. The zero-order valence-corrected chi connectivity index (χ0v) is 12.7. The summed E-state index contributed by atoms with van der Waals surface area (Å²) >= 11 is 0. The molecule has 1 aromatic rings. The quantitative estimate of drug-likeness (QED) is 0.906. The van der Waals surface area contributed by atoms with Gasteiger partial charge in [0.05, 0.1) is 11.2 Å². The highest BCUT2D eigenvalue weighted by Crippen LogP contribution is 2.43. The van der Waals surface area contributed by atoms with Gasteiger partial charge in [0.2, 0.25) is 0 Å². The normalized spacial score (nSPS) is 26.3. The number of nitrogens with zero attached hydrogens (tertiary/aromatic N) is 1. The van der Waals surface area contributed by atoms with E-state index in [9.17, 15) is 0 Å². The van der Waals surface area contributed by atoms with E-state index in [0.29, 0.717) is 12.0 Å². The molecule has 3 heteroatoms. The highest BCUT2D eigenvalue weighted by molar-refractivity contribution is 5.08. The second-order valence-corrected chi connectivity index (χ2v) is 6.70. The van der Waals surface area contributed by atoms with E-state index in [1.165, 1.54) is 0 Å². The average Bonchev–Trinajstić information content (AvgIpc) is 2.55. The standard InChI is InChI=1S/C16H26N2O/c1-15(2)11-13(16(3,4)19-15)14(17-5)10-12-8-6-7-9-18-12/h6-9,13-14,17H,10-11H2,1-5H3. The highest BCUT2D eigenvalue weighted by atomic mass is 16.5. The first-order valence-electron chi connectivity index (χ1n) is 7.11. The van der Waals surface area contributed by atoms with Gasteiger partial charge in [0.15, 0.2) is 0 Å². The molecule has 2 unspecified atom stereocenters. The van der Waals surface area contributed by atoms with Crippen LogP contribution in [-0.4, -0.2) is 29.3 Å². The van der Waals surface area contributed by atoms with Crippen molar-refractivity contribution in [1.82, 2.24) is 10.3 Å². The van der Waals surface area contributed by atoms with E-state index in [4.69, 9.17) is 4.74 Å². The zero-order chi connectivity index (χ0) is 14.1. The Morgan fingerprint density at radius 2 is 2.11 bits per heavy atom. The molecular weight excluding hydrogens is 236 g/mol. The molecule has 106 valence electrons. The Morgan fingerprint density at radius 1 is 1.37 bits per heavy atom. The summed E-state index contributed by atoms with van der Waals surface area (Å²) in [5, 5.41) is 3.47. The fourth-order valence-electron chi connectivity index (χ4n) is 3.42. The van der Waals surface area contributed by atoms with Gasteiger partial charge in [-0.25, -0.2) is 0 Å². The van der Waals surface area contributed by atoms with Crippen LogP contribution in [0.3, 0.4) is 0 Å². The molecule has 1 aliphatic heterocycles. The Balaban J connectivity index is 2.14. The second-order valence-electron chi connectivity index (χ2n) is 6.70. The molecule has 1 fully saturated rings. The largest absolute Gasteiger partial charge is 0.369 e. The van der Waals surface area contributed by atoms with Crippen molar-refractivity contribution >= 4 is 0 Å². The van der Waals surface area contributed by atoms with E-state index in [-0.39, 0.29) is 11.2 Å². The molecule has 1 saturated heterocycles. The van der Waals surface area contributed by atoms with Gasteiger partial charge in [0.1, 0.15) is 0 Å². The molecule has 2 atom stereocenters. The van der Waals surface area contributed by atoms with Crippen molar-refractivity contribution in [2.75, 3.05) is 7.05 Å². The molecule has 3 nitrogen and oxygen atoms in total. The molecule has 1 N–H and O–H groups in total. The first-order valence-corrected chi connectivity index (χ1v) is 7.11. The summed E-state index contributed by atoms with van der Waals surface area (Å²) in [4.78, 5) is 4.44. The first kappa shape index (κ1) is 14.5. The number of hydrogen-bond acceptors (Lipinski definition) is 3. The molecular formula is C16H26N2O. The van der Waals surface area contributed by atoms with E-state index in [1.54, 1.807) is 0 Å². The van der Waals surface area contributed by atoms with Gasteiger partial charge in [-0.05, 0) is 53.3 Å². The molecule has 1 aromatic heterocycles. The van der Waals surface area contributed by atoms with Crippen LogP contribution in [0.15, 0.2) is 24.4 Å². The maximum absolute atomic E-state index is 6.21. The predicted octanol–water partition coefficient (Wildman–Crippen LogP) is 2.81. The van der Waals surface area contributed by atoms with Gasteiger partial charge >= 0.3 is 0 Å². The number of aromatic nitrogens is 1. The maximum Gasteiger partial charge on any atom is 0.0677 e. The van der Waals surface area contributed by atoms with Gasteiger partial charge in [-0.15, -0.1) is 0 Å². The van der Waals surface area contributed by atoms with Crippen LogP contribution in [0.4, 0.5) is 0 Å². The van der Waals surface area contributed by atoms with E-state index < -0.39 is 0 Å². The molecule has 0 bridgehead atoms. The van der Waals surface area contributed by atoms with E-state index in [0.717, 1.165) is 18.5 Å². The second kappa shape index (κ2) is 5.22. The van der Waals surface area contributed by atoms with Crippen molar-refractivity contribution in [2.45, 2.75) is 57.8 Å². The number of nitrogens with one attached hydrogen (secondary N) is 1. The minimum Gasteiger partial charge on any atom is -0.369 e. The summed E-state index contributed by atoms with van der Waals surface area (Å²) < 4.78 is 6.21. The Labute approximate surface area is 116 Å². The Kier molecular flexibility index (Phi) is 3.98. The molecule has 0 saturated carbocycles. The third-order valence-corrected chi connectivity index (χ3v) is 4.16. The summed E-state index contributed by atoms with van der Waals surface area (Å²) in [5.41, 5.74) is 1.02. The van der Waals surface area contributed by atoms with Crippen LogP contribution in [0.5, 0.6) is 0 Å². The van der Waals surface area contributed by atoms with Gasteiger partial charge in [0.25, 0.3) is 0 Å². The fourth-order valence-corrected chi connectivity index (χ4v) is 3.42. The Bertz CT molecular complexity index is 414. The van der Waals surface area contributed by atoms with Crippen LogP contribution in [0, 0.1) is 5.92 Å². The summed E-state index contributed by atoms with van der Waals surface area (Å²) in [5.74, 6) is 0.495. The summed E-state index contributed by atoms with van der Waals surface area (Å²) in [6.07, 6.45) is 3.89. The van der Waals surface area contributed by atoms with E-state index in [1.807, 2.05) is 19.3 Å². The number of likely N-dealkylation sites (N-methyl/N-ethyl adjacent to an activating group) is 1. The Hall–Kier alpha value is -0.930. The first-order chi connectivity index (χ1) is 8.84. The summed E-state index contributed by atoms with van der Waals surface area (Å²) in [6, 6.07) is 6.50. The van der Waals surface area contributed by atoms with Gasteiger partial charge < -0.3 is 10.1 Å². The monoisotopic (exact) mass is 262 g/mol.